The van der Waals surface area contributed by atoms with Crippen molar-refractivity contribution in [2.24, 2.45) is 0 Å². The van der Waals surface area contributed by atoms with Gasteiger partial charge < -0.3 is 10.5 Å². The van der Waals surface area contributed by atoms with E-state index in [1.807, 2.05) is 0 Å². The van der Waals surface area contributed by atoms with Crippen LogP contribution in [0.2, 0.25) is 0 Å². The van der Waals surface area contributed by atoms with E-state index in [1.54, 1.807) is 13.0 Å². The summed E-state index contributed by atoms with van der Waals surface area (Å²) in [4.78, 5) is 22.2. The van der Waals surface area contributed by atoms with Crippen LogP contribution in [0.1, 0.15) is 16.6 Å². The number of nitro groups is 1. The van der Waals surface area contributed by atoms with Crippen LogP contribution in [0.5, 0.6) is 0 Å². The number of nitrogen functional groups attached to an aromatic ring is 1. The van der Waals surface area contributed by atoms with Gasteiger partial charge in [0.05, 0.1) is 11.5 Å². The average Bonchev–Trinajstić information content (AvgIpc) is 2.70. The number of nitrogens with two attached hydrogens (primary N) is 1. The van der Waals surface area contributed by atoms with Crippen LogP contribution in [0.3, 0.4) is 0 Å². The second-order valence-corrected chi connectivity index (χ2v) is 4.62. The zero-order valence-corrected chi connectivity index (χ0v) is 10.3. The van der Waals surface area contributed by atoms with E-state index in [2.05, 4.69) is 0 Å². The van der Waals surface area contributed by atoms with E-state index in [0.29, 0.717) is 10.3 Å². The Kier molecular flexibility index (Phi) is 3.15. The Hall–Kier alpha value is -2.15. The molecule has 0 bridgehead atoms. The first kappa shape index (κ1) is 12.3. The van der Waals surface area contributed by atoms with Gasteiger partial charge in [-0.25, -0.2) is 4.79 Å². The van der Waals surface area contributed by atoms with Crippen LogP contribution in [0.15, 0.2) is 18.2 Å². The van der Waals surface area contributed by atoms with Crippen molar-refractivity contribution in [1.82, 2.24) is 0 Å². The standard InChI is InChI=1S/C11H10N2O4S/c1-2-17-11(14)10-4-6-3-8(13(15)16)7(12)5-9(6)18-10/h3-5H,2,12H2,1H3. The molecule has 2 aromatic rings. The maximum Gasteiger partial charge on any atom is 0.348 e. The smallest absolute Gasteiger partial charge is 0.348 e. The molecule has 0 fully saturated rings. The van der Waals surface area contributed by atoms with Crippen LogP contribution in [0, 0.1) is 10.1 Å². The molecule has 18 heavy (non-hydrogen) atoms. The van der Waals surface area contributed by atoms with E-state index in [0.717, 1.165) is 4.70 Å². The largest absolute Gasteiger partial charge is 0.462 e. The number of hydrogen-bond acceptors (Lipinski definition) is 6. The molecule has 7 heteroatoms. The Labute approximate surface area is 106 Å². The fraction of sp³-hybridized carbons (Fsp3) is 0.182. The van der Waals surface area contributed by atoms with Crippen LogP contribution < -0.4 is 5.73 Å². The molecule has 1 heterocycles. The molecule has 2 N–H and O–H groups in total. The molecule has 0 aliphatic rings. The second kappa shape index (κ2) is 4.61. The van der Waals surface area contributed by atoms with E-state index >= 15 is 0 Å². The van der Waals surface area contributed by atoms with Crippen LogP contribution in [-0.4, -0.2) is 17.5 Å². The summed E-state index contributed by atoms with van der Waals surface area (Å²) >= 11 is 1.20. The van der Waals surface area contributed by atoms with Gasteiger partial charge in [-0.05, 0) is 19.1 Å². The van der Waals surface area contributed by atoms with Gasteiger partial charge in [0.15, 0.2) is 0 Å². The average molecular weight is 266 g/mol. The predicted molar refractivity (Wildman–Crippen MR) is 68.8 cm³/mol. The van der Waals surface area contributed by atoms with Crippen LogP contribution >= 0.6 is 11.3 Å². The van der Waals surface area contributed by atoms with Gasteiger partial charge in [0.25, 0.3) is 5.69 Å². The number of carbonyl (C=O) groups is 1. The third-order valence-corrected chi connectivity index (χ3v) is 3.42. The van der Waals surface area contributed by atoms with Crippen molar-refractivity contribution in [2.45, 2.75) is 6.92 Å². The second-order valence-electron chi connectivity index (χ2n) is 3.54. The van der Waals surface area contributed by atoms with E-state index in [-0.39, 0.29) is 18.0 Å². The topological polar surface area (TPSA) is 95.5 Å². The van der Waals surface area contributed by atoms with E-state index in [1.165, 1.54) is 23.5 Å². The molecule has 94 valence electrons. The third-order valence-electron chi connectivity index (χ3n) is 2.34. The minimum atomic E-state index is -0.545. The van der Waals surface area contributed by atoms with Crippen molar-refractivity contribution < 1.29 is 14.5 Å². The summed E-state index contributed by atoms with van der Waals surface area (Å²) in [5, 5.41) is 11.4. The number of ether oxygens (including phenoxy) is 1. The van der Waals surface area contributed by atoms with Gasteiger partial charge >= 0.3 is 5.97 Å². The van der Waals surface area contributed by atoms with Gasteiger partial charge in [-0.1, -0.05) is 0 Å². The highest BCUT2D eigenvalue weighted by atomic mass is 32.1. The van der Waals surface area contributed by atoms with E-state index in [4.69, 9.17) is 10.5 Å². The SMILES string of the molecule is CCOC(=O)c1cc2cc([N+](=O)[O-])c(N)cc2s1. The molecular weight excluding hydrogens is 256 g/mol. The number of esters is 1. The minimum absolute atomic E-state index is 0.0877. The van der Waals surface area contributed by atoms with Gasteiger partial charge in [-0.15, -0.1) is 11.3 Å². The first-order chi connectivity index (χ1) is 8.52. The maximum absolute atomic E-state index is 11.5. The van der Waals surface area contributed by atoms with Gasteiger partial charge in [-0.3, -0.25) is 10.1 Å². The van der Waals surface area contributed by atoms with Crippen molar-refractivity contribution in [2.75, 3.05) is 12.3 Å². The number of thiophene rings is 1. The summed E-state index contributed by atoms with van der Waals surface area (Å²) in [6.45, 7) is 2.00. The number of rotatable bonds is 3. The summed E-state index contributed by atoms with van der Waals surface area (Å²) in [7, 11) is 0. The Bertz CT molecular complexity index is 635. The molecule has 0 radical (unpaired) electrons. The number of hydrogen-bond donors (Lipinski definition) is 1. The van der Waals surface area contributed by atoms with Gasteiger partial charge in [0.2, 0.25) is 0 Å². The van der Waals surface area contributed by atoms with Crippen LogP contribution in [0.25, 0.3) is 10.1 Å². The minimum Gasteiger partial charge on any atom is -0.462 e. The molecule has 0 saturated heterocycles. The highest BCUT2D eigenvalue weighted by Crippen LogP contribution is 2.33. The van der Waals surface area contributed by atoms with Gasteiger partial charge in [-0.2, -0.15) is 0 Å². The molecule has 1 aromatic heterocycles. The summed E-state index contributed by atoms with van der Waals surface area (Å²) < 4.78 is 5.60. The van der Waals surface area contributed by atoms with Crippen molar-refractivity contribution in [3.8, 4) is 0 Å². The Morgan fingerprint density at radius 3 is 2.83 bits per heavy atom. The van der Waals surface area contributed by atoms with Gasteiger partial charge in [0, 0.05) is 16.2 Å². The molecule has 0 unspecified atom stereocenters. The summed E-state index contributed by atoms with van der Waals surface area (Å²) in [5.74, 6) is -0.431. The highest BCUT2D eigenvalue weighted by Gasteiger charge is 2.17. The normalized spacial score (nSPS) is 10.5. The Balaban J connectivity index is 2.52. The van der Waals surface area contributed by atoms with Crippen molar-refractivity contribution >= 4 is 38.8 Å². The number of nitro benzene ring substituents is 1. The third kappa shape index (κ3) is 2.12. The molecule has 0 aliphatic heterocycles. The zero-order chi connectivity index (χ0) is 13.3. The summed E-state index contributed by atoms with van der Waals surface area (Å²) in [5.41, 5.74) is 5.51. The Morgan fingerprint density at radius 1 is 1.50 bits per heavy atom. The highest BCUT2D eigenvalue weighted by molar-refractivity contribution is 7.20. The number of benzene rings is 1. The number of anilines is 1. The van der Waals surface area contributed by atoms with Crippen LogP contribution in [-0.2, 0) is 4.74 Å². The maximum atomic E-state index is 11.5. The first-order valence-electron chi connectivity index (χ1n) is 5.17. The predicted octanol–water partition coefficient (Wildman–Crippen LogP) is 2.57. The molecule has 6 nitrogen and oxygen atoms in total. The van der Waals surface area contributed by atoms with Crippen molar-refractivity contribution in [3.05, 3.63) is 33.2 Å². The molecule has 1 aromatic carbocycles. The molecule has 0 aliphatic carbocycles. The first-order valence-corrected chi connectivity index (χ1v) is 5.99. The molecule has 2 rings (SSSR count). The number of carbonyl (C=O) groups excluding carboxylic acids is 1. The van der Waals surface area contributed by atoms with E-state index < -0.39 is 10.9 Å². The fourth-order valence-electron chi connectivity index (χ4n) is 1.55. The van der Waals surface area contributed by atoms with Crippen molar-refractivity contribution in [3.63, 3.8) is 0 Å². The molecule has 0 saturated carbocycles. The quantitative estimate of drug-likeness (QED) is 0.398. The summed E-state index contributed by atoms with van der Waals surface area (Å²) in [6, 6.07) is 4.44. The number of nitrogens with zero attached hydrogens (tertiary/aromatic N) is 1. The monoisotopic (exact) mass is 266 g/mol. The van der Waals surface area contributed by atoms with Crippen molar-refractivity contribution in [1.29, 1.82) is 0 Å². The lowest BCUT2D eigenvalue weighted by atomic mass is 10.2. The Morgan fingerprint density at radius 2 is 2.22 bits per heavy atom. The zero-order valence-electron chi connectivity index (χ0n) is 9.50. The van der Waals surface area contributed by atoms with E-state index in [9.17, 15) is 14.9 Å². The van der Waals surface area contributed by atoms with Crippen LogP contribution in [0.4, 0.5) is 11.4 Å². The molecule has 0 amide bonds. The molecular formula is C11H10N2O4S. The lowest BCUT2D eigenvalue weighted by molar-refractivity contribution is -0.383. The number of fused-ring (bicyclic) bond motifs is 1. The lowest BCUT2D eigenvalue weighted by Gasteiger charge is -1.96. The molecule has 0 spiro atoms. The fourth-order valence-corrected chi connectivity index (χ4v) is 2.54. The molecule has 0 atom stereocenters. The van der Waals surface area contributed by atoms with Gasteiger partial charge in [0.1, 0.15) is 10.6 Å². The summed E-state index contributed by atoms with van der Waals surface area (Å²) in [6.07, 6.45) is 0. The lowest BCUT2D eigenvalue weighted by Crippen LogP contribution is -2.01.